The summed E-state index contributed by atoms with van der Waals surface area (Å²) in [6.45, 7) is 0.710. The summed E-state index contributed by atoms with van der Waals surface area (Å²) >= 11 is 8.56. The van der Waals surface area contributed by atoms with E-state index in [1.165, 1.54) is 4.88 Å². The van der Waals surface area contributed by atoms with Gasteiger partial charge in [-0.3, -0.25) is 0 Å². The Morgan fingerprint density at radius 1 is 1.46 bits per heavy atom. The molecule has 1 aromatic rings. The lowest BCUT2D eigenvalue weighted by Gasteiger charge is -2.07. The minimum atomic E-state index is 0.121. The Morgan fingerprint density at radius 3 is 2.62 bits per heavy atom. The molecule has 1 aromatic heterocycles. The maximum Gasteiger partial charge on any atom is 0.0843 e. The van der Waals surface area contributed by atoms with Crippen LogP contribution in [0.5, 0.6) is 0 Å². The first-order chi connectivity index (χ1) is 6.15. The lowest BCUT2D eigenvalue weighted by Crippen LogP contribution is -2.10. The van der Waals surface area contributed by atoms with Crippen LogP contribution in [-0.2, 0) is 0 Å². The Kier molecular flexibility index (Phi) is 4.89. The van der Waals surface area contributed by atoms with E-state index in [2.05, 4.69) is 37.9 Å². The van der Waals surface area contributed by atoms with E-state index >= 15 is 0 Å². The molecule has 1 atom stereocenters. The fourth-order valence-electron chi connectivity index (χ4n) is 1.03. The smallest absolute Gasteiger partial charge is 0.0843 e. The standard InChI is InChI=1S/C8H12Br2N2S/c9-5-4-7(13-8(5)10)6(12)2-1-3-11/h4,6H,1-3,11-12H2/t6-/m0/s1. The molecule has 0 aliphatic rings. The summed E-state index contributed by atoms with van der Waals surface area (Å²) in [7, 11) is 0. The van der Waals surface area contributed by atoms with Crippen LogP contribution in [-0.4, -0.2) is 6.54 Å². The van der Waals surface area contributed by atoms with Crippen LogP contribution in [0.25, 0.3) is 0 Å². The Balaban J connectivity index is 2.60. The van der Waals surface area contributed by atoms with Gasteiger partial charge in [0.25, 0.3) is 0 Å². The van der Waals surface area contributed by atoms with E-state index in [0.29, 0.717) is 6.54 Å². The van der Waals surface area contributed by atoms with Gasteiger partial charge in [0, 0.05) is 15.4 Å². The average molecular weight is 328 g/mol. The number of hydrogen-bond acceptors (Lipinski definition) is 3. The summed E-state index contributed by atoms with van der Waals surface area (Å²) in [5.41, 5.74) is 11.4. The molecule has 0 fully saturated rings. The van der Waals surface area contributed by atoms with Crippen LogP contribution in [0.2, 0.25) is 0 Å². The molecule has 4 N–H and O–H groups in total. The first-order valence-electron chi connectivity index (χ1n) is 4.05. The van der Waals surface area contributed by atoms with E-state index in [0.717, 1.165) is 21.1 Å². The van der Waals surface area contributed by atoms with Crippen LogP contribution in [0, 0.1) is 0 Å². The first-order valence-corrected chi connectivity index (χ1v) is 6.45. The van der Waals surface area contributed by atoms with Gasteiger partial charge in [0.2, 0.25) is 0 Å². The molecule has 74 valence electrons. The third-order valence-corrected chi connectivity index (χ3v) is 5.14. The normalized spacial score (nSPS) is 13.2. The van der Waals surface area contributed by atoms with Gasteiger partial charge in [-0.1, -0.05) is 0 Å². The molecule has 0 aliphatic heterocycles. The number of rotatable bonds is 4. The second-order valence-corrected chi connectivity index (χ2v) is 6.06. The average Bonchev–Trinajstić information content (AvgIpc) is 2.43. The molecule has 0 spiro atoms. The predicted molar refractivity (Wildman–Crippen MR) is 64.9 cm³/mol. The Labute approximate surface area is 98.9 Å². The summed E-state index contributed by atoms with van der Waals surface area (Å²) < 4.78 is 2.18. The first kappa shape index (κ1) is 11.7. The van der Waals surface area contributed by atoms with Gasteiger partial charge in [-0.25, -0.2) is 0 Å². The van der Waals surface area contributed by atoms with Crippen molar-refractivity contribution in [3.63, 3.8) is 0 Å². The summed E-state index contributed by atoms with van der Waals surface area (Å²) in [6, 6.07) is 2.19. The van der Waals surface area contributed by atoms with Crippen LogP contribution in [0.3, 0.4) is 0 Å². The van der Waals surface area contributed by atoms with Crippen molar-refractivity contribution >= 4 is 43.2 Å². The van der Waals surface area contributed by atoms with Crippen LogP contribution in [0.15, 0.2) is 14.3 Å². The van der Waals surface area contributed by atoms with E-state index in [-0.39, 0.29) is 6.04 Å². The van der Waals surface area contributed by atoms with Gasteiger partial charge < -0.3 is 11.5 Å². The number of halogens is 2. The quantitative estimate of drug-likeness (QED) is 0.893. The van der Waals surface area contributed by atoms with E-state index < -0.39 is 0 Å². The van der Waals surface area contributed by atoms with Gasteiger partial charge in [-0.05, 0) is 57.3 Å². The highest BCUT2D eigenvalue weighted by Crippen LogP contribution is 2.35. The summed E-state index contributed by atoms with van der Waals surface area (Å²) in [5, 5.41) is 0. The molecule has 0 amide bonds. The van der Waals surface area contributed by atoms with Crippen molar-refractivity contribution in [1.29, 1.82) is 0 Å². The zero-order valence-electron chi connectivity index (χ0n) is 7.09. The SMILES string of the molecule is NCCC[C@H](N)c1cc(Br)c(Br)s1. The van der Waals surface area contributed by atoms with Crippen molar-refractivity contribution < 1.29 is 0 Å². The summed E-state index contributed by atoms with van der Waals surface area (Å²) in [5.74, 6) is 0. The molecule has 2 nitrogen and oxygen atoms in total. The predicted octanol–water partition coefficient (Wildman–Crippen LogP) is 3.01. The molecule has 1 rings (SSSR count). The molecular formula is C8H12Br2N2S. The second-order valence-electron chi connectivity index (χ2n) is 2.81. The van der Waals surface area contributed by atoms with Crippen LogP contribution >= 0.6 is 43.2 Å². The zero-order chi connectivity index (χ0) is 9.84. The molecule has 0 unspecified atom stereocenters. The molecule has 0 aromatic carbocycles. The maximum atomic E-state index is 5.98. The molecule has 0 radical (unpaired) electrons. The largest absolute Gasteiger partial charge is 0.330 e. The van der Waals surface area contributed by atoms with Crippen molar-refractivity contribution in [2.75, 3.05) is 6.54 Å². The molecule has 13 heavy (non-hydrogen) atoms. The van der Waals surface area contributed by atoms with E-state index in [4.69, 9.17) is 11.5 Å². The van der Waals surface area contributed by atoms with Crippen molar-refractivity contribution in [1.82, 2.24) is 0 Å². The third kappa shape index (κ3) is 3.32. The molecule has 0 saturated carbocycles. The van der Waals surface area contributed by atoms with Gasteiger partial charge in [0.05, 0.1) is 3.79 Å². The molecule has 5 heteroatoms. The van der Waals surface area contributed by atoms with Crippen molar-refractivity contribution in [2.45, 2.75) is 18.9 Å². The minimum absolute atomic E-state index is 0.121. The number of thiophene rings is 1. The van der Waals surface area contributed by atoms with Crippen molar-refractivity contribution in [3.8, 4) is 0 Å². The monoisotopic (exact) mass is 326 g/mol. The van der Waals surface area contributed by atoms with E-state index in [9.17, 15) is 0 Å². The van der Waals surface area contributed by atoms with Crippen molar-refractivity contribution in [2.24, 2.45) is 11.5 Å². The van der Waals surface area contributed by atoms with Gasteiger partial charge >= 0.3 is 0 Å². The summed E-state index contributed by atoms with van der Waals surface area (Å²) in [4.78, 5) is 1.20. The van der Waals surface area contributed by atoms with Crippen LogP contribution in [0.4, 0.5) is 0 Å². The highest BCUT2D eigenvalue weighted by molar-refractivity contribution is 9.13. The van der Waals surface area contributed by atoms with Gasteiger partial charge in [0.15, 0.2) is 0 Å². The molecular weight excluding hydrogens is 316 g/mol. The van der Waals surface area contributed by atoms with Gasteiger partial charge in [0.1, 0.15) is 0 Å². The molecule has 0 aliphatic carbocycles. The fraction of sp³-hybridized carbons (Fsp3) is 0.500. The van der Waals surface area contributed by atoms with Crippen molar-refractivity contribution in [3.05, 3.63) is 19.2 Å². The second kappa shape index (κ2) is 5.46. The Morgan fingerprint density at radius 2 is 2.15 bits per heavy atom. The molecule has 0 saturated heterocycles. The molecule has 0 bridgehead atoms. The lowest BCUT2D eigenvalue weighted by molar-refractivity contribution is 0.626. The minimum Gasteiger partial charge on any atom is -0.330 e. The molecule has 1 heterocycles. The van der Waals surface area contributed by atoms with E-state index in [1.54, 1.807) is 11.3 Å². The maximum absolute atomic E-state index is 5.98. The van der Waals surface area contributed by atoms with E-state index in [1.807, 2.05) is 0 Å². The zero-order valence-corrected chi connectivity index (χ0v) is 11.1. The highest BCUT2D eigenvalue weighted by atomic mass is 79.9. The van der Waals surface area contributed by atoms with Gasteiger partial charge in [-0.15, -0.1) is 11.3 Å². The fourth-order valence-corrected chi connectivity index (χ4v) is 3.15. The van der Waals surface area contributed by atoms with Crippen LogP contribution in [0.1, 0.15) is 23.8 Å². The number of nitrogens with two attached hydrogens (primary N) is 2. The Bertz CT molecular complexity index is 256. The van der Waals surface area contributed by atoms with Crippen LogP contribution < -0.4 is 11.5 Å². The third-order valence-electron chi connectivity index (χ3n) is 1.75. The van der Waals surface area contributed by atoms with Gasteiger partial charge in [-0.2, -0.15) is 0 Å². The topological polar surface area (TPSA) is 52.0 Å². The number of hydrogen-bond donors (Lipinski definition) is 2. The summed E-state index contributed by atoms with van der Waals surface area (Å²) in [6.07, 6.45) is 1.93. The highest BCUT2D eigenvalue weighted by Gasteiger charge is 2.10. The Hall–Kier alpha value is 0.580. The lowest BCUT2D eigenvalue weighted by atomic mass is 10.1.